The highest BCUT2D eigenvalue weighted by atomic mass is 35.5. The minimum absolute atomic E-state index is 0.0784. The average Bonchev–Trinajstić information content (AvgIpc) is 3.30. The van der Waals surface area contributed by atoms with Gasteiger partial charge in [-0.2, -0.15) is 0 Å². The maximum Gasteiger partial charge on any atom is 0.305 e. The minimum Gasteiger partial charge on any atom is -0.481 e. The molecule has 4 rings (SSSR count). The second kappa shape index (κ2) is 12.3. The van der Waals surface area contributed by atoms with Crippen LogP contribution in [-0.4, -0.2) is 57.2 Å². The van der Waals surface area contributed by atoms with Gasteiger partial charge >= 0.3 is 5.97 Å². The summed E-state index contributed by atoms with van der Waals surface area (Å²) in [6.45, 7) is 5.72. The van der Waals surface area contributed by atoms with Crippen LogP contribution in [0.15, 0.2) is 78.0 Å². The molecule has 1 saturated heterocycles. The molecule has 1 aromatic heterocycles. The Morgan fingerprint density at radius 2 is 1.97 bits per heavy atom. The number of likely N-dealkylation sites (N-methyl/N-ethyl adjacent to an activating group) is 1. The second-order valence-electron chi connectivity index (χ2n) is 9.76. The summed E-state index contributed by atoms with van der Waals surface area (Å²) in [7, 11) is 0. The highest BCUT2D eigenvalue weighted by Crippen LogP contribution is 2.32. The first-order valence-corrected chi connectivity index (χ1v) is 13.3. The largest absolute Gasteiger partial charge is 0.481 e. The van der Waals surface area contributed by atoms with Gasteiger partial charge in [0.05, 0.1) is 29.4 Å². The molecule has 7 nitrogen and oxygen atoms in total. The molecule has 8 heteroatoms. The third-order valence-corrected chi connectivity index (χ3v) is 7.34. The monoisotopic (exact) mass is 532 g/mol. The molecular weight excluding hydrogens is 500 g/mol. The lowest BCUT2D eigenvalue weighted by molar-refractivity contribution is -0.137. The summed E-state index contributed by atoms with van der Waals surface area (Å²) in [4.78, 5) is 36.7. The highest BCUT2D eigenvalue weighted by Gasteiger charge is 2.42. The standard InChI is InChI=1S/C30H33ClN4O3/c1-3-35-16-8-14-30(35,2)29(38)34-26-13-12-23(31)18-25(26)28(22-10-5-4-6-11-22)33-24(19-27(36)37)17-21-9-7-15-32-20-21/h4-7,9-13,15,18,20,24H,3,8,14,16-17,19H2,1-2H3,(H,34,38)(H,36,37)/t24-,30-/m1/s1. The predicted octanol–water partition coefficient (Wildman–Crippen LogP) is 5.47. The van der Waals surface area contributed by atoms with E-state index in [2.05, 4.69) is 22.1 Å². The van der Waals surface area contributed by atoms with Gasteiger partial charge in [-0.15, -0.1) is 0 Å². The summed E-state index contributed by atoms with van der Waals surface area (Å²) in [6.07, 6.45) is 5.40. The number of carboxylic acids is 1. The Morgan fingerprint density at radius 1 is 1.18 bits per heavy atom. The van der Waals surface area contributed by atoms with Crippen LogP contribution in [0.5, 0.6) is 0 Å². The third-order valence-electron chi connectivity index (χ3n) is 7.11. The molecule has 2 aromatic carbocycles. The van der Waals surface area contributed by atoms with E-state index in [0.717, 1.165) is 37.1 Å². The van der Waals surface area contributed by atoms with Crippen LogP contribution in [0.4, 0.5) is 5.69 Å². The Bertz CT molecular complexity index is 1300. The number of anilines is 1. The van der Waals surface area contributed by atoms with Crippen LogP contribution in [0, 0.1) is 0 Å². The molecule has 2 N–H and O–H groups in total. The number of nitrogens with one attached hydrogen (secondary N) is 1. The van der Waals surface area contributed by atoms with E-state index in [-0.39, 0.29) is 12.3 Å². The van der Waals surface area contributed by atoms with Crippen LogP contribution in [0.1, 0.15) is 49.8 Å². The number of nitrogens with zero attached hydrogens (tertiary/aromatic N) is 3. The molecule has 3 aromatic rings. The quantitative estimate of drug-likeness (QED) is 0.337. The second-order valence-corrected chi connectivity index (χ2v) is 10.2. The van der Waals surface area contributed by atoms with Crippen LogP contribution in [0.2, 0.25) is 5.02 Å². The maximum atomic E-state index is 13.6. The summed E-state index contributed by atoms with van der Waals surface area (Å²) >= 11 is 6.46. The van der Waals surface area contributed by atoms with Gasteiger partial charge in [-0.1, -0.05) is 54.9 Å². The zero-order valence-electron chi connectivity index (χ0n) is 21.7. The Labute approximate surface area is 228 Å². The first kappa shape index (κ1) is 27.5. The molecule has 0 aliphatic carbocycles. The van der Waals surface area contributed by atoms with E-state index in [9.17, 15) is 14.7 Å². The Kier molecular flexibility index (Phi) is 8.92. The molecular formula is C30H33ClN4O3. The normalized spacial score (nSPS) is 18.8. The van der Waals surface area contributed by atoms with Crippen molar-refractivity contribution in [1.82, 2.24) is 9.88 Å². The molecule has 0 radical (unpaired) electrons. The number of carbonyl (C=O) groups excluding carboxylic acids is 1. The molecule has 1 aliphatic rings. The lowest BCUT2D eigenvalue weighted by Gasteiger charge is -2.33. The Morgan fingerprint density at radius 3 is 2.66 bits per heavy atom. The zero-order valence-corrected chi connectivity index (χ0v) is 22.5. The van der Waals surface area contributed by atoms with Gasteiger partial charge < -0.3 is 10.4 Å². The fraction of sp³-hybridized carbons (Fsp3) is 0.333. The first-order valence-electron chi connectivity index (χ1n) is 12.9. The molecule has 38 heavy (non-hydrogen) atoms. The molecule has 0 spiro atoms. The average molecular weight is 533 g/mol. The first-order chi connectivity index (χ1) is 18.3. The van der Waals surface area contributed by atoms with Gasteiger partial charge in [0.2, 0.25) is 5.91 Å². The topological polar surface area (TPSA) is 94.9 Å². The summed E-state index contributed by atoms with van der Waals surface area (Å²) in [5.74, 6) is -1.02. The van der Waals surface area contributed by atoms with Gasteiger partial charge in [0.15, 0.2) is 0 Å². The van der Waals surface area contributed by atoms with E-state index in [1.807, 2.05) is 49.4 Å². The van der Waals surface area contributed by atoms with Gasteiger partial charge in [-0.05, 0) is 69.1 Å². The molecule has 1 amide bonds. The van der Waals surface area contributed by atoms with E-state index in [1.54, 1.807) is 30.6 Å². The van der Waals surface area contributed by atoms with Crippen LogP contribution in [0.25, 0.3) is 0 Å². The van der Waals surface area contributed by atoms with Crippen molar-refractivity contribution in [2.75, 3.05) is 18.4 Å². The number of hydrogen-bond acceptors (Lipinski definition) is 5. The van der Waals surface area contributed by atoms with Crippen LogP contribution in [0.3, 0.4) is 0 Å². The highest BCUT2D eigenvalue weighted by molar-refractivity contribution is 6.31. The molecule has 2 atom stereocenters. The number of benzene rings is 2. The number of likely N-dealkylation sites (tertiary alicyclic amines) is 1. The zero-order chi connectivity index (χ0) is 27.1. The summed E-state index contributed by atoms with van der Waals surface area (Å²) < 4.78 is 0. The Hall–Kier alpha value is -3.55. The summed E-state index contributed by atoms with van der Waals surface area (Å²) in [5.41, 5.74) is 2.88. The maximum absolute atomic E-state index is 13.6. The predicted molar refractivity (Wildman–Crippen MR) is 151 cm³/mol. The fourth-order valence-electron chi connectivity index (χ4n) is 5.10. The van der Waals surface area contributed by atoms with E-state index in [1.165, 1.54) is 0 Å². The van der Waals surface area contributed by atoms with E-state index in [0.29, 0.717) is 28.4 Å². The van der Waals surface area contributed by atoms with Crippen molar-refractivity contribution in [2.24, 2.45) is 4.99 Å². The number of rotatable bonds is 10. The number of carbonyl (C=O) groups is 2. The lowest BCUT2D eigenvalue weighted by Crippen LogP contribution is -2.50. The van der Waals surface area contributed by atoms with Crippen molar-refractivity contribution >= 4 is 34.9 Å². The van der Waals surface area contributed by atoms with Crippen LogP contribution in [-0.2, 0) is 16.0 Å². The SMILES string of the molecule is CCN1CCC[C@]1(C)C(=O)Nc1ccc(Cl)cc1C(=N[C@@H](CC(=O)O)Cc1cccnc1)c1ccccc1. The lowest BCUT2D eigenvalue weighted by atomic mass is 9.95. The van der Waals surface area contributed by atoms with Crippen LogP contribution < -0.4 is 5.32 Å². The van der Waals surface area contributed by atoms with Gasteiger partial charge in [-0.3, -0.25) is 24.5 Å². The molecule has 0 saturated carbocycles. The van der Waals surface area contributed by atoms with E-state index >= 15 is 0 Å². The number of aliphatic carboxylic acids is 1. The van der Waals surface area contributed by atoms with E-state index < -0.39 is 17.6 Å². The fourth-order valence-corrected chi connectivity index (χ4v) is 5.27. The molecule has 198 valence electrons. The molecule has 0 unspecified atom stereocenters. The number of amides is 1. The van der Waals surface area contributed by atoms with E-state index in [4.69, 9.17) is 16.6 Å². The Balaban J connectivity index is 1.78. The number of pyridine rings is 1. The summed E-state index contributed by atoms with van der Waals surface area (Å²) in [5, 5.41) is 13.3. The van der Waals surface area contributed by atoms with Gasteiger partial charge in [-0.25, -0.2) is 0 Å². The molecule has 1 fully saturated rings. The minimum atomic E-state index is -0.941. The van der Waals surface area contributed by atoms with Crippen LogP contribution >= 0.6 is 11.6 Å². The number of aromatic nitrogens is 1. The van der Waals surface area contributed by atoms with Crippen molar-refractivity contribution < 1.29 is 14.7 Å². The smallest absolute Gasteiger partial charge is 0.305 e. The molecule has 0 bridgehead atoms. The van der Waals surface area contributed by atoms with Gasteiger partial charge in [0.25, 0.3) is 0 Å². The number of carboxylic acid groups (broad SMARTS) is 1. The number of halogens is 1. The van der Waals surface area contributed by atoms with Gasteiger partial charge in [0.1, 0.15) is 0 Å². The van der Waals surface area contributed by atoms with Crippen molar-refractivity contribution in [3.63, 3.8) is 0 Å². The van der Waals surface area contributed by atoms with Gasteiger partial charge in [0, 0.05) is 28.5 Å². The van der Waals surface area contributed by atoms with Crippen molar-refractivity contribution in [1.29, 1.82) is 0 Å². The molecule has 1 aliphatic heterocycles. The number of hydrogen-bond donors (Lipinski definition) is 2. The third kappa shape index (κ3) is 6.47. The molecule has 2 heterocycles. The van der Waals surface area contributed by atoms with Crippen molar-refractivity contribution in [2.45, 2.75) is 51.1 Å². The summed E-state index contributed by atoms with van der Waals surface area (Å²) in [6, 6.07) is 18.0. The van der Waals surface area contributed by atoms with Crippen molar-refractivity contribution in [3.8, 4) is 0 Å². The van der Waals surface area contributed by atoms with Crippen molar-refractivity contribution in [3.05, 3.63) is 94.8 Å². The number of aliphatic imine (C=N–C) groups is 1.